The Labute approximate surface area is 113 Å². The summed E-state index contributed by atoms with van der Waals surface area (Å²) in [6.07, 6.45) is 1.34. The highest BCUT2D eigenvalue weighted by atomic mass is 19.1. The van der Waals surface area contributed by atoms with E-state index in [1.807, 2.05) is 13.0 Å². The predicted octanol–water partition coefficient (Wildman–Crippen LogP) is 2.82. The molecule has 2 rings (SSSR count). The van der Waals surface area contributed by atoms with Crippen molar-refractivity contribution in [3.8, 4) is 0 Å². The number of carboxylic acids is 1. The Morgan fingerprint density at radius 3 is 2.84 bits per heavy atom. The highest BCUT2D eigenvalue weighted by molar-refractivity contribution is 5.70. The first-order valence-corrected chi connectivity index (χ1v) is 6.69. The Bertz CT molecular complexity index is 475. The van der Waals surface area contributed by atoms with Gasteiger partial charge in [0.1, 0.15) is 5.82 Å². The van der Waals surface area contributed by atoms with Gasteiger partial charge in [-0.3, -0.25) is 9.69 Å². The molecule has 1 aromatic rings. The third-order valence-corrected chi connectivity index (χ3v) is 3.98. The van der Waals surface area contributed by atoms with Gasteiger partial charge >= 0.3 is 5.97 Å². The van der Waals surface area contributed by atoms with E-state index in [-0.39, 0.29) is 17.8 Å². The van der Waals surface area contributed by atoms with Crippen molar-refractivity contribution in [2.45, 2.75) is 39.3 Å². The van der Waals surface area contributed by atoms with Crippen LogP contribution in [0, 0.1) is 18.7 Å². The first-order chi connectivity index (χ1) is 8.97. The van der Waals surface area contributed by atoms with Crippen molar-refractivity contribution in [1.82, 2.24) is 4.90 Å². The number of piperidine rings is 1. The Morgan fingerprint density at radius 2 is 2.26 bits per heavy atom. The summed E-state index contributed by atoms with van der Waals surface area (Å²) in [6, 6.07) is 5.53. The van der Waals surface area contributed by atoms with Gasteiger partial charge in [-0.25, -0.2) is 4.39 Å². The molecule has 0 radical (unpaired) electrons. The summed E-state index contributed by atoms with van der Waals surface area (Å²) in [6.45, 7) is 5.23. The van der Waals surface area contributed by atoms with Gasteiger partial charge in [0.25, 0.3) is 0 Å². The molecule has 1 aliphatic rings. The van der Waals surface area contributed by atoms with Gasteiger partial charge in [0.15, 0.2) is 0 Å². The number of carbonyl (C=O) groups is 1. The summed E-state index contributed by atoms with van der Waals surface area (Å²) in [5, 5.41) is 9.03. The molecule has 1 aliphatic heterocycles. The first kappa shape index (κ1) is 14.0. The molecule has 3 nitrogen and oxygen atoms in total. The Hall–Kier alpha value is -1.42. The second-order valence-electron chi connectivity index (χ2n) is 5.46. The van der Waals surface area contributed by atoms with E-state index in [0.29, 0.717) is 24.9 Å². The molecule has 0 spiro atoms. The zero-order chi connectivity index (χ0) is 14.0. The number of hydrogen-bond donors (Lipinski definition) is 1. The second kappa shape index (κ2) is 5.70. The van der Waals surface area contributed by atoms with Crippen molar-refractivity contribution in [2.24, 2.45) is 5.92 Å². The summed E-state index contributed by atoms with van der Waals surface area (Å²) >= 11 is 0. The van der Waals surface area contributed by atoms with Crippen molar-refractivity contribution in [2.75, 3.05) is 6.54 Å². The topological polar surface area (TPSA) is 40.5 Å². The minimum atomic E-state index is -0.701. The van der Waals surface area contributed by atoms with Crippen molar-refractivity contribution >= 4 is 5.97 Å². The fraction of sp³-hybridized carbons (Fsp3) is 0.533. The highest BCUT2D eigenvalue weighted by Gasteiger charge is 2.29. The number of aryl methyl sites for hydroxylation is 1. The SMILES string of the molecule is Cc1ccc(CN2CCC(C(=O)O)CC2C)cc1F. The Morgan fingerprint density at radius 1 is 1.53 bits per heavy atom. The van der Waals surface area contributed by atoms with E-state index in [4.69, 9.17) is 5.11 Å². The van der Waals surface area contributed by atoms with Gasteiger partial charge in [-0.2, -0.15) is 0 Å². The van der Waals surface area contributed by atoms with E-state index in [9.17, 15) is 9.18 Å². The lowest BCUT2D eigenvalue weighted by atomic mass is 9.91. The average molecular weight is 265 g/mol. The molecule has 0 bridgehead atoms. The van der Waals surface area contributed by atoms with Gasteiger partial charge in [-0.15, -0.1) is 0 Å². The molecule has 1 saturated heterocycles. The largest absolute Gasteiger partial charge is 0.481 e. The minimum Gasteiger partial charge on any atom is -0.481 e. The maximum absolute atomic E-state index is 13.5. The molecule has 1 N–H and O–H groups in total. The van der Waals surface area contributed by atoms with Gasteiger partial charge in [-0.1, -0.05) is 12.1 Å². The first-order valence-electron chi connectivity index (χ1n) is 6.69. The summed E-state index contributed by atoms with van der Waals surface area (Å²) < 4.78 is 13.5. The fourth-order valence-corrected chi connectivity index (χ4v) is 2.65. The van der Waals surface area contributed by atoms with Crippen molar-refractivity contribution < 1.29 is 14.3 Å². The maximum Gasteiger partial charge on any atom is 0.306 e. The van der Waals surface area contributed by atoms with E-state index >= 15 is 0 Å². The van der Waals surface area contributed by atoms with Crippen LogP contribution in [0.1, 0.15) is 30.9 Å². The molecule has 1 aromatic carbocycles. The highest BCUT2D eigenvalue weighted by Crippen LogP contribution is 2.24. The van der Waals surface area contributed by atoms with E-state index < -0.39 is 5.97 Å². The lowest BCUT2D eigenvalue weighted by molar-refractivity contribution is -0.144. The molecule has 19 heavy (non-hydrogen) atoms. The molecule has 0 aromatic heterocycles. The third kappa shape index (κ3) is 3.32. The minimum absolute atomic E-state index is 0.175. The van der Waals surface area contributed by atoms with Crippen LogP contribution in [0.3, 0.4) is 0 Å². The molecule has 2 unspecified atom stereocenters. The number of likely N-dealkylation sites (tertiary alicyclic amines) is 1. The van der Waals surface area contributed by atoms with Crippen LogP contribution in [0.5, 0.6) is 0 Å². The van der Waals surface area contributed by atoms with Gasteiger partial charge in [0.05, 0.1) is 5.92 Å². The van der Waals surface area contributed by atoms with Crippen LogP contribution in [-0.4, -0.2) is 28.6 Å². The molecule has 2 atom stereocenters. The lowest BCUT2D eigenvalue weighted by Crippen LogP contribution is -2.42. The molecule has 0 saturated carbocycles. The normalized spacial score (nSPS) is 24.4. The van der Waals surface area contributed by atoms with Gasteiger partial charge in [0.2, 0.25) is 0 Å². The zero-order valence-electron chi connectivity index (χ0n) is 11.4. The molecule has 0 aliphatic carbocycles. The molecule has 1 fully saturated rings. The van der Waals surface area contributed by atoms with E-state index in [1.165, 1.54) is 0 Å². The predicted molar refractivity (Wildman–Crippen MR) is 71.4 cm³/mol. The zero-order valence-corrected chi connectivity index (χ0v) is 11.4. The van der Waals surface area contributed by atoms with Crippen LogP contribution >= 0.6 is 0 Å². The fourth-order valence-electron chi connectivity index (χ4n) is 2.65. The number of halogens is 1. The molecular weight excluding hydrogens is 245 g/mol. The third-order valence-electron chi connectivity index (χ3n) is 3.98. The molecule has 0 amide bonds. The van der Waals surface area contributed by atoms with E-state index in [2.05, 4.69) is 4.90 Å². The van der Waals surface area contributed by atoms with Crippen molar-refractivity contribution in [1.29, 1.82) is 0 Å². The van der Waals surface area contributed by atoms with Crippen LogP contribution in [0.2, 0.25) is 0 Å². The van der Waals surface area contributed by atoms with Crippen LogP contribution < -0.4 is 0 Å². The van der Waals surface area contributed by atoms with E-state index in [1.54, 1.807) is 19.1 Å². The van der Waals surface area contributed by atoms with Gasteiger partial charge < -0.3 is 5.11 Å². The number of hydrogen-bond acceptors (Lipinski definition) is 2. The number of benzene rings is 1. The number of rotatable bonds is 3. The standard InChI is InChI=1S/C15H20FNO2/c1-10-3-4-12(8-14(10)16)9-17-6-5-13(15(18)19)7-11(17)2/h3-4,8,11,13H,5-7,9H2,1-2H3,(H,18,19). The summed E-state index contributed by atoms with van der Waals surface area (Å²) in [5.41, 5.74) is 1.60. The summed E-state index contributed by atoms with van der Waals surface area (Å²) in [5.74, 6) is -1.11. The van der Waals surface area contributed by atoms with Crippen LogP contribution in [0.25, 0.3) is 0 Å². The molecule has 104 valence electrons. The smallest absolute Gasteiger partial charge is 0.306 e. The van der Waals surface area contributed by atoms with Gasteiger partial charge in [-0.05, 0) is 50.4 Å². The van der Waals surface area contributed by atoms with Crippen LogP contribution in [0.15, 0.2) is 18.2 Å². The quantitative estimate of drug-likeness (QED) is 0.913. The monoisotopic (exact) mass is 265 g/mol. The number of nitrogens with zero attached hydrogens (tertiary/aromatic N) is 1. The molecular formula is C15H20FNO2. The van der Waals surface area contributed by atoms with E-state index in [0.717, 1.165) is 12.1 Å². The summed E-state index contributed by atoms with van der Waals surface area (Å²) in [7, 11) is 0. The molecule has 4 heteroatoms. The van der Waals surface area contributed by atoms with Crippen LogP contribution in [-0.2, 0) is 11.3 Å². The van der Waals surface area contributed by atoms with Crippen molar-refractivity contribution in [3.05, 3.63) is 35.1 Å². The Balaban J connectivity index is 2.00. The van der Waals surface area contributed by atoms with Gasteiger partial charge in [0, 0.05) is 12.6 Å². The number of carboxylic acid groups (broad SMARTS) is 1. The summed E-state index contributed by atoms with van der Waals surface area (Å²) in [4.78, 5) is 13.2. The second-order valence-corrected chi connectivity index (χ2v) is 5.46. The molecule has 1 heterocycles. The lowest BCUT2D eigenvalue weighted by Gasteiger charge is -2.36. The number of aliphatic carboxylic acids is 1. The maximum atomic E-state index is 13.5. The van der Waals surface area contributed by atoms with Crippen molar-refractivity contribution in [3.63, 3.8) is 0 Å². The Kier molecular flexibility index (Phi) is 4.20. The average Bonchev–Trinajstić information content (AvgIpc) is 2.36. The van der Waals surface area contributed by atoms with Crippen LogP contribution in [0.4, 0.5) is 4.39 Å².